The molecule has 0 unspecified atom stereocenters. The van der Waals surface area contributed by atoms with Gasteiger partial charge in [-0.2, -0.15) is 0 Å². The topological polar surface area (TPSA) is 60.9 Å². The van der Waals surface area contributed by atoms with Crippen molar-refractivity contribution < 1.29 is 4.79 Å². The van der Waals surface area contributed by atoms with Crippen molar-refractivity contribution in [3.05, 3.63) is 30.6 Å². The molecule has 0 spiro atoms. The highest BCUT2D eigenvalue weighted by Gasteiger charge is 2.01. The van der Waals surface area contributed by atoms with Gasteiger partial charge in [0.25, 0.3) is 0 Å². The van der Waals surface area contributed by atoms with Gasteiger partial charge in [0.15, 0.2) is 0 Å². The molecule has 0 bridgehead atoms. The molecule has 4 heteroatoms. The number of fused-ring (bicyclic) bond motifs is 1. The average molecular weight is 203 g/mol. The first-order valence-electron chi connectivity index (χ1n) is 4.95. The van der Waals surface area contributed by atoms with Gasteiger partial charge in [-0.3, -0.25) is 4.79 Å². The fourth-order valence-corrected chi connectivity index (χ4v) is 1.61. The van der Waals surface area contributed by atoms with Crippen molar-refractivity contribution in [2.24, 2.45) is 5.73 Å². The van der Waals surface area contributed by atoms with Crippen LogP contribution >= 0.6 is 0 Å². The monoisotopic (exact) mass is 203 g/mol. The molecule has 1 heterocycles. The van der Waals surface area contributed by atoms with E-state index in [2.05, 4.69) is 4.98 Å². The molecule has 2 N–H and O–H groups in total. The van der Waals surface area contributed by atoms with E-state index in [4.69, 9.17) is 5.73 Å². The summed E-state index contributed by atoms with van der Waals surface area (Å²) in [6, 6.07) is 7.93. The molecule has 1 aromatic heterocycles. The molecule has 2 aromatic rings. The third-order valence-corrected chi connectivity index (χ3v) is 2.35. The average Bonchev–Trinajstić information content (AvgIpc) is 2.62. The molecule has 0 saturated heterocycles. The highest BCUT2D eigenvalue weighted by molar-refractivity contribution is 5.75. The maximum absolute atomic E-state index is 10.6. The van der Waals surface area contributed by atoms with Gasteiger partial charge in [0.05, 0.1) is 17.4 Å². The zero-order valence-corrected chi connectivity index (χ0v) is 8.39. The smallest absolute Gasteiger partial charge is 0.217 e. The summed E-state index contributed by atoms with van der Waals surface area (Å²) in [4.78, 5) is 14.9. The SMILES string of the molecule is NC(=O)CCCn1cnc2ccccc21. The lowest BCUT2D eigenvalue weighted by Gasteiger charge is -2.02. The summed E-state index contributed by atoms with van der Waals surface area (Å²) in [5.41, 5.74) is 7.16. The number of carbonyl (C=O) groups is 1. The number of hydrogen-bond donors (Lipinski definition) is 1. The Balaban J connectivity index is 2.11. The lowest BCUT2D eigenvalue weighted by Crippen LogP contribution is -2.11. The van der Waals surface area contributed by atoms with E-state index in [1.165, 1.54) is 0 Å². The fourth-order valence-electron chi connectivity index (χ4n) is 1.61. The Bertz CT molecular complexity index is 475. The van der Waals surface area contributed by atoms with Gasteiger partial charge >= 0.3 is 0 Å². The van der Waals surface area contributed by atoms with Gasteiger partial charge in [0.1, 0.15) is 0 Å². The minimum atomic E-state index is -0.251. The quantitative estimate of drug-likeness (QED) is 0.814. The van der Waals surface area contributed by atoms with Crippen molar-refractivity contribution in [2.45, 2.75) is 19.4 Å². The highest BCUT2D eigenvalue weighted by Crippen LogP contribution is 2.12. The summed E-state index contributed by atoms with van der Waals surface area (Å²) in [7, 11) is 0. The van der Waals surface area contributed by atoms with Crippen LogP contribution in [0.3, 0.4) is 0 Å². The zero-order valence-electron chi connectivity index (χ0n) is 8.39. The lowest BCUT2D eigenvalue weighted by atomic mass is 10.3. The predicted octanol–water partition coefficient (Wildman–Crippen LogP) is 1.30. The molecule has 4 nitrogen and oxygen atoms in total. The first-order valence-corrected chi connectivity index (χ1v) is 4.95. The second-order valence-corrected chi connectivity index (χ2v) is 3.50. The number of hydrogen-bond acceptors (Lipinski definition) is 2. The molecule has 0 radical (unpaired) electrons. The molecule has 0 aliphatic heterocycles. The number of para-hydroxylation sites is 2. The number of aromatic nitrogens is 2. The molecule has 0 fully saturated rings. The van der Waals surface area contributed by atoms with Crippen LogP contribution in [0.4, 0.5) is 0 Å². The number of imidazole rings is 1. The Labute approximate surface area is 87.7 Å². The molecular formula is C11H13N3O. The maximum atomic E-state index is 10.6. The standard InChI is InChI=1S/C11H13N3O/c12-11(15)6-3-7-14-8-13-9-4-1-2-5-10(9)14/h1-2,4-5,8H,3,6-7H2,(H2,12,15). The van der Waals surface area contributed by atoms with Crippen LogP contribution < -0.4 is 5.73 Å². The molecule has 78 valence electrons. The molecule has 0 aliphatic rings. The fraction of sp³-hybridized carbons (Fsp3) is 0.273. The first kappa shape index (κ1) is 9.71. The summed E-state index contributed by atoms with van der Waals surface area (Å²) in [6.07, 6.45) is 2.98. The Morgan fingerprint density at radius 3 is 3.00 bits per heavy atom. The number of benzene rings is 1. The molecule has 0 saturated carbocycles. The largest absolute Gasteiger partial charge is 0.370 e. The van der Waals surface area contributed by atoms with E-state index in [1.807, 2.05) is 28.8 Å². The maximum Gasteiger partial charge on any atom is 0.217 e. The lowest BCUT2D eigenvalue weighted by molar-refractivity contribution is -0.118. The summed E-state index contributed by atoms with van der Waals surface area (Å²) in [5.74, 6) is -0.251. The van der Waals surface area contributed by atoms with Gasteiger partial charge in [-0.05, 0) is 18.6 Å². The van der Waals surface area contributed by atoms with Crippen molar-refractivity contribution in [1.82, 2.24) is 9.55 Å². The van der Waals surface area contributed by atoms with Crippen molar-refractivity contribution >= 4 is 16.9 Å². The number of carbonyl (C=O) groups excluding carboxylic acids is 1. The van der Waals surface area contributed by atoms with Crippen molar-refractivity contribution in [3.8, 4) is 0 Å². The third-order valence-electron chi connectivity index (χ3n) is 2.35. The molecule has 1 aromatic carbocycles. The first-order chi connectivity index (χ1) is 7.27. The molecule has 1 amide bonds. The van der Waals surface area contributed by atoms with Gasteiger partial charge in [0, 0.05) is 13.0 Å². The van der Waals surface area contributed by atoms with Crippen molar-refractivity contribution in [2.75, 3.05) is 0 Å². The number of nitrogens with zero attached hydrogens (tertiary/aromatic N) is 2. The van der Waals surface area contributed by atoms with Crippen LogP contribution in [0.15, 0.2) is 30.6 Å². The van der Waals surface area contributed by atoms with Crippen LogP contribution in [0.25, 0.3) is 11.0 Å². The van der Waals surface area contributed by atoms with E-state index in [9.17, 15) is 4.79 Å². The summed E-state index contributed by atoms with van der Waals surface area (Å²) < 4.78 is 2.04. The second kappa shape index (κ2) is 4.13. The summed E-state index contributed by atoms with van der Waals surface area (Å²) in [6.45, 7) is 0.781. The van der Waals surface area contributed by atoms with E-state index in [0.717, 1.165) is 24.0 Å². The minimum absolute atomic E-state index is 0.251. The Hall–Kier alpha value is -1.84. The van der Waals surface area contributed by atoms with Crippen molar-refractivity contribution in [3.63, 3.8) is 0 Å². The summed E-state index contributed by atoms with van der Waals surface area (Å²) in [5, 5.41) is 0. The van der Waals surface area contributed by atoms with Crippen LogP contribution in [-0.2, 0) is 11.3 Å². The van der Waals surface area contributed by atoms with E-state index < -0.39 is 0 Å². The number of primary amides is 1. The second-order valence-electron chi connectivity index (χ2n) is 3.50. The number of rotatable bonds is 4. The molecule has 15 heavy (non-hydrogen) atoms. The highest BCUT2D eigenvalue weighted by atomic mass is 16.1. The van der Waals surface area contributed by atoms with Crippen molar-refractivity contribution in [1.29, 1.82) is 0 Å². The minimum Gasteiger partial charge on any atom is -0.370 e. The molecular weight excluding hydrogens is 190 g/mol. The Morgan fingerprint density at radius 2 is 2.20 bits per heavy atom. The van der Waals surface area contributed by atoms with E-state index >= 15 is 0 Å². The van der Waals surface area contributed by atoms with Gasteiger partial charge in [-0.15, -0.1) is 0 Å². The number of amides is 1. The van der Waals surface area contributed by atoms with Crippen LogP contribution in [0.2, 0.25) is 0 Å². The van der Waals surface area contributed by atoms with Gasteiger partial charge < -0.3 is 10.3 Å². The van der Waals surface area contributed by atoms with E-state index in [-0.39, 0.29) is 5.91 Å². The van der Waals surface area contributed by atoms with Gasteiger partial charge in [-0.25, -0.2) is 4.98 Å². The molecule has 2 rings (SSSR count). The van der Waals surface area contributed by atoms with Crippen LogP contribution in [0.5, 0.6) is 0 Å². The van der Waals surface area contributed by atoms with Gasteiger partial charge in [0.2, 0.25) is 5.91 Å². The van der Waals surface area contributed by atoms with E-state index in [1.54, 1.807) is 6.33 Å². The predicted molar refractivity (Wildman–Crippen MR) is 58.2 cm³/mol. The normalized spacial score (nSPS) is 10.7. The number of nitrogens with two attached hydrogens (primary N) is 1. The zero-order chi connectivity index (χ0) is 10.7. The van der Waals surface area contributed by atoms with Crippen LogP contribution in [0, 0.1) is 0 Å². The Kier molecular flexibility index (Phi) is 2.67. The third kappa shape index (κ3) is 2.15. The van der Waals surface area contributed by atoms with E-state index in [0.29, 0.717) is 6.42 Å². The van der Waals surface area contributed by atoms with Gasteiger partial charge in [-0.1, -0.05) is 12.1 Å². The van der Waals surface area contributed by atoms with Crippen LogP contribution in [0.1, 0.15) is 12.8 Å². The molecule has 0 atom stereocenters. The number of aryl methyl sites for hydroxylation is 1. The summed E-state index contributed by atoms with van der Waals surface area (Å²) >= 11 is 0. The Morgan fingerprint density at radius 1 is 1.40 bits per heavy atom. The van der Waals surface area contributed by atoms with Crippen LogP contribution in [-0.4, -0.2) is 15.5 Å². The molecule has 0 aliphatic carbocycles.